The summed E-state index contributed by atoms with van der Waals surface area (Å²) >= 11 is 5.93. The van der Waals surface area contributed by atoms with Crippen LogP contribution in [-0.4, -0.2) is 24.4 Å². The zero-order valence-electron chi connectivity index (χ0n) is 15.5. The summed E-state index contributed by atoms with van der Waals surface area (Å²) in [6.45, 7) is -0.564. The predicted molar refractivity (Wildman–Crippen MR) is 105 cm³/mol. The van der Waals surface area contributed by atoms with Crippen LogP contribution in [0.1, 0.15) is 41.6 Å². The summed E-state index contributed by atoms with van der Waals surface area (Å²) in [7, 11) is 0. The number of esters is 1. The maximum atomic E-state index is 13.6. The third kappa shape index (κ3) is 4.74. The molecule has 0 bridgehead atoms. The predicted octanol–water partition coefficient (Wildman–Crippen LogP) is 3.30. The van der Waals surface area contributed by atoms with Crippen molar-refractivity contribution in [3.8, 4) is 0 Å². The van der Waals surface area contributed by atoms with Gasteiger partial charge in [-0.2, -0.15) is 0 Å². The van der Waals surface area contributed by atoms with Crippen LogP contribution in [0.3, 0.4) is 0 Å². The number of rotatable bonds is 5. The third-order valence-electron chi connectivity index (χ3n) is 5.01. The molecule has 0 heterocycles. The second kappa shape index (κ2) is 9.05. The van der Waals surface area contributed by atoms with E-state index in [0.717, 1.165) is 24.5 Å². The summed E-state index contributed by atoms with van der Waals surface area (Å²) in [6.07, 6.45) is 3.00. The van der Waals surface area contributed by atoms with Crippen molar-refractivity contribution in [3.63, 3.8) is 0 Å². The molecule has 0 radical (unpaired) electrons. The SMILES string of the molecule is O=C(COC(=O)C1(c2ccc(Cl)cc2)CCCC1)NNC(=O)c1ccccc1F. The molecule has 2 aromatic rings. The lowest BCUT2D eigenvalue weighted by atomic mass is 9.79. The largest absolute Gasteiger partial charge is 0.455 e. The first-order valence-corrected chi connectivity index (χ1v) is 9.57. The summed E-state index contributed by atoms with van der Waals surface area (Å²) in [5, 5.41) is 0.570. The molecule has 6 nitrogen and oxygen atoms in total. The standard InChI is InChI=1S/C21H20ClFN2O4/c22-15-9-7-14(8-10-15)21(11-3-4-12-21)20(28)29-13-18(26)24-25-19(27)16-5-1-2-6-17(16)23/h1-2,5-10H,3-4,11-13H2,(H,24,26)(H,25,27). The molecule has 0 aromatic heterocycles. The Morgan fingerprint density at radius 3 is 2.31 bits per heavy atom. The molecule has 1 saturated carbocycles. The molecular weight excluding hydrogens is 399 g/mol. The molecule has 8 heteroatoms. The van der Waals surface area contributed by atoms with Crippen molar-refractivity contribution in [2.45, 2.75) is 31.1 Å². The van der Waals surface area contributed by atoms with E-state index in [1.807, 2.05) is 0 Å². The minimum absolute atomic E-state index is 0.211. The molecule has 0 spiro atoms. The molecular formula is C21H20ClFN2O4. The molecule has 0 atom stereocenters. The molecule has 0 unspecified atom stereocenters. The lowest BCUT2D eigenvalue weighted by Gasteiger charge is -2.27. The Hall–Kier alpha value is -2.93. The van der Waals surface area contributed by atoms with Gasteiger partial charge in [0.25, 0.3) is 11.8 Å². The molecule has 29 heavy (non-hydrogen) atoms. The number of amides is 2. The van der Waals surface area contributed by atoms with Crippen LogP contribution in [0.5, 0.6) is 0 Å². The minimum Gasteiger partial charge on any atom is -0.455 e. The molecule has 2 amide bonds. The Bertz CT molecular complexity index is 911. The highest BCUT2D eigenvalue weighted by Gasteiger charge is 2.44. The fraction of sp³-hybridized carbons (Fsp3) is 0.286. The van der Waals surface area contributed by atoms with Crippen LogP contribution in [-0.2, 0) is 19.7 Å². The Morgan fingerprint density at radius 1 is 1.00 bits per heavy atom. The van der Waals surface area contributed by atoms with Crippen LogP contribution in [0.2, 0.25) is 5.02 Å². The van der Waals surface area contributed by atoms with Crippen molar-refractivity contribution in [2.24, 2.45) is 0 Å². The topological polar surface area (TPSA) is 84.5 Å². The van der Waals surface area contributed by atoms with Gasteiger partial charge in [-0.05, 0) is 42.7 Å². The Labute approximate surface area is 172 Å². The van der Waals surface area contributed by atoms with Crippen molar-refractivity contribution in [1.82, 2.24) is 10.9 Å². The molecule has 1 fully saturated rings. The van der Waals surface area contributed by atoms with Crippen LogP contribution in [0, 0.1) is 5.82 Å². The van der Waals surface area contributed by atoms with E-state index in [4.69, 9.17) is 16.3 Å². The molecule has 2 aromatic carbocycles. The molecule has 0 aliphatic heterocycles. The van der Waals surface area contributed by atoms with Gasteiger partial charge in [-0.15, -0.1) is 0 Å². The van der Waals surface area contributed by atoms with E-state index >= 15 is 0 Å². The smallest absolute Gasteiger partial charge is 0.317 e. The monoisotopic (exact) mass is 418 g/mol. The summed E-state index contributed by atoms with van der Waals surface area (Å²) in [5.74, 6) is -2.74. The number of carbonyl (C=O) groups is 3. The van der Waals surface area contributed by atoms with E-state index in [9.17, 15) is 18.8 Å². The van der Waals surface area contributed by atoms with Crippen molar-refractivity contribution in [3.05, 3.63) is 70.5 Å². The van der Waals surface area contributed by atoms with Crippen LogP contribution in [0.4, 0.5) is 4.39 Å². The number of hydrazine groups is 1. The first-order chi connectivity index (χ1) is 13.9. The molecule has 1 aliphatic carbocycles. The lowest BCUT2D eigenvalue weighted by Crippen LogP contribution is -2.45. The van der Waals surface area contributed by atoms with Gasteiger partial charge in [0.15, 0.2) is 6.61 Å². The van der Waals surface area contributed by atoms with Gasteiger partial charge in [0, 0.05) is 5.02 Å². The second-order valence-electron chi connectivity index (χ2n) is 6.85. The van der Waals surface area contributed by atoms with Crippen LogP contribution in [0.15, 0.2) is 48.5 Å². The number of ether oxygens (including phenoxy) is 1. The fourth-order valence-corrected chi connectivity index (χ4v) is 3.63. The van der Waals surface area contributed by atoms with Gasteiger partial charge >= 0.3 is 5.97 Å². The van der Waals surface area contributed by atoms with Gasteiger partial charge < -0.3 is 4.74 Å². The number of benzene rings is 2. The number of carbonyl (C=O) groups excluding carboxylic acids is 3. The van der Waals surface area contributed by atoms with Gasteiger partial charge in [-0.25, -0.2) is 4.39 Å². The zero-order valence-corrected chi connectivity index (χ0v) is 16.3. The molecule has 1 aliphatic rings. The van der Waals surface area contributed by atoms with Gasteiger partial charge in [-0.3, -0.25) is 25.2 Å². The quantitative estimate of drug-likeness (QED) is 0.576. The molecule has 152 valence electrons. The molecule has 3 rings (SSSR count). The molecule has 0 saturated heterocycles. The van der Waals surface area contributed by atoms with E-state index in [-0.39, 0.29) is 5.56 Å². The van der Waals surface area contributed by atoms with Crippen molar-refractivity contribution < 1.29 is 23.5 Å². The first kappa shape index (κ1) is 20.8. The van der Waals surface area contributed by atoms with Gasteiger partial charge in [-0.1, -0.05) is 48.7 Å². The number of nitrogens with one attached hydrogen (secondary N) is 2. The average Bonchev–Trinajstić information content (AvgIpc) is 3.22. The van der Waals surface area contributed by atoms with E-state index in [2.05, 4.69) is 10.9 Å². The van der Waals surface area contributed by atoms with E-state index < -0.39 is 35.6 Å². The highest BCUT2D eigenvalue weighted by molar-refractivity contribution is 6.30. The summed E-state index contributed by atoms with van der Waals surface area (Å²) in [6, 6.07) is 12.4. The minimum atomic E-state index is -0.809. The highest BCUT2D eigenvalue weighted by atomic mass is 35.5. The lowest BCUT2D eigenvalue weighted by molar-refractivity contribution is -0.154. The van der Waals surface area contributed by atoms with E-state index in [1.54, 1.807) is 24.3 Å². The average molecular weight is 419 g/mol. The Morgan fingerprint density at radius 2 is 1.66 bits per heavy atom. The highest BCUT2D eigenvalue weighted by Crippen LogP contribution is 2.42. The number of hydrogen-bond acceptors (Lipinski definition) is 4. The Kier molecular flexibility index (Phi) is 6.49. The summed E-state index contributed by atoms with van der Waals surface area (Å²) < 4.78 is 18.8. The first-order valence-electron chi connectivity index (χ1n) is 9.19. The normalized spacial score (nSPS) is 14.8. The van der Waals surface area contributed by atoms with Crippen molar-refractivity contribution in [1.29, 1.82) is 0 Å². The third-order valence-corrected chi connectivity index (χ3v) is 5.26. The van der Waals surface area contributed by atoms with Gasteiger partial charge in [0.1, 0.15) is 5.82 Å². The van der Waals surface area contributed by atoms with E-state index in [1.165, 1.54) is 18.2 Å². The maximum Gasteiger partial charge on any atom is 0.317 e. The number of halogens is 2. The fourth-order valence-electron chi connectivity index (χ4n) is 3.50. The number of hydrogen-bond donors (Lipinski definition) is 2. The second-order valence-corrected chi connectivity index (χ2v) is 7.29. The van der Waals surface area contributed by atoms with Crippen LogP contribution >= 0.6 is 11.6 Å². The summed E-state index contributed by atoms with van der Waals surface area (Å²) in [5.41, 5.74) is 4.00. The van der Waals surface area contributed by atoms with Crippen LogP contribution in [0.25, 0.3) is 0 Å². The van der Waals surface area contributed by atoms with Crippen LogP contribution < -0.4 is 10.9 Å². The van der Waals surface area contributed by atoms with Crippen molar-refractivity contribution in [2.75, 3.05) is 6.61 Å². The van der Waals surface area contributed by atoms with Crippen molar-refractivity contribution >= 4 is 29.4 Å². The van der Waals surface area contributed by atoms with Gasteiger partial charge in [0.05, 0.1) is 11.0 Å². The maximum absolute atomic E-state index is 13.6. The van der Waals surface area contributed by atoms with Gasteiger partial charge in [0.2, 0.25) is 0 Å². The van der Waals surface area contributed by atoms with E-state index in [0.29, 0.717) is 17.9 Å². The summed E-state index contributed by atoms with van der Waals surface area (Å²) in [4.78, 5) is 36.6. The molecule has 2 N–H and O–H groups in total. The zero-order chi connectivity index (χ0) is 20.9. The Balaban J connectivity index is 1.56.